The third-order valence-corrected chi connectivity index (χ3v) is 4.67. The number of likely N-dealkylation sites (tertiary alicyclic amines) is 1. The van der Waals surface area contributed by atoms with Crippen molar-refractivity contribution in [3.8, 4) is 0 Å². The summed E-state index contributed by atoms with van der Waals surface area (Å²) in [4.78, 5) is 25.1. The van der Waals surface area contributed by atoms with Crippen LogP contribution in [0, 0.1) is 0 Å². The molecule has 0 bridgehead atoms. The number of carbonyl (C=O) groups is 2. The molecule has 1 aliphatic heterocycles. The topological polar surface area (TPSA) is 78.1 Å². The Kier molecular flexibility index (Phi) is 4.75. The van der Waals surface area contributed by atoms with Crippen LogP contribution in [-0.2, 0) is 9.59 Å². The van der Waals surface area contributed by atoms with Crippen molar-refractivity contribution in [2.75, 3.05) is 18.4 Å². The number of hydrogen-bond acceptors (Lipinski definition) is 3. The van der Waals surface area contributed by atoms with Crippen LogP contribution in [0.15, 0.2) is 6.07 Å². The highest BCUT2D eigenvalue weighted by Gasteiger charge is 2.23. The minimum atomic E-state index is -0.172. The maximum Gasteiger partial charge on any atom is 0.245 e. The zero-order valence-corrected chi connectivity index (χ0v) is 12.9. The Morgan fingerprint density at radius 2 is 2.05 bits per heavy atom. The Bertz CT molecular complexity index is 532. The largest absolute Gasteiger partial charge is 0.333 e. The van der Waals surface area contributed by atoms with Crippen LogP contribution in [0.3, 0.4) is 0 Å². The van der Waals surface area contributed by atoms with E-state index in [1.165, 1.54) is 38.5 Å². The van der Waals surface area contributed by atoms with Crippen molar-refractivity contribution in [1.82, 2.24) is 15.1 Å². The van der Waals surface area contributed by atoms with Gasteiger partial charge in [0.05, 0.1) is 6.54 Å². The predicted molar refractivity (Wildman–Crippen MR) is 83.5 cm³/mol. The van der Waals surface area contributed by atoms with Crippen LogP contribution < -0.4 is 5.32 Å². The number of hydrogen-bond donors (Lipinski definition) is 2. The highest BCUT2D eigenvalue weighted by Crippen LogP contribution is 2.31. The van der Waals surface area contributed by atoms with Gasteiger partial charge >= 0.3 is 0 Å². The first-order chi connectivity index (χ1) is 10.7. The molecule has 2 N–H and O–H groups in total. The first-order valence-electron chi connectivity index (χ1n) is 8.35. The van der Waals surface area contributed by atoms with E-state index in [0.717, 1.165) is 12.1 Å². The van der Waals surface area contributed by atoms with E-state index in [2.05, 4.69) is 15.5 Å². The number of nitrogens with zero attached hydrogens (tertiary/aromatic N) is 2. The summed E-state index contributed by atoms with van der Waals surface area (Å²) in [6, 6.07) is 1.94. The molecule has 1 saturated heterocycles. The number of amides is 2. The molecule has 1 aliphatic carbocycles. The molecule has 1 saturated carbocycles. The lowest BCUT2D eigenvalue weighted by Gasteiger charge is -2.14. The summed E-state index contributed by atoms with van der Waals surface area (Å²) in [6.45, 7) is 0.810. The van der Waals surface area contributed by atoms with Gasteiger partial charge in [-0.15, -0.1) is 0 Å². The molecule has 2 fully saturated rings. The third kappa shape index (κ3) is 3.67. The Morgan fingerprint density at radius 3 is 2.73 bits per heavy atom. The van der Waals surface area contributed by atoms with Gasteiger partial charge in [0.25, 0.3) is 0 Å². The van der Waals surface area contributed by atoms with Crippen molar-refractivity contribution >= 4 is 17.6 Å². The number of nitrogens with one attached hydrogen (secondary N) is 2. The van der Waals surface area contributed by atoms with E-state index in [-0.39, 0.29) is 18.4 Å². The Morgan fingerprint density at radius 1 is 1.27 bits per heavy atom. The molecule has 22 heavy (non-hydrogen) atoms. The molecular weight excluding hydrogens is 280 g/mol. The van der Waals surface area contributed by atoms with Gasteiger partial charge in [-0.05, 0) is 19.3 Å². The van der Waals surface area contributed by atoms with Crippen LogP contribution in [0.25, 0.3) is 0 Å². The van der Waals surface area contributed by atoms with Gasteiger partial charge in [-0.1, -0.05) is 25.7 Å². The van der Waals surface area contributed by atoms with Gasteiger partial charge in [-0.2, -0.15) is 5.10 Å². The third-order valence-electron chi connectivity index (χ3n) is 4.67. The number of H-pyrrole nitrogens is 1. The van der Waals surface area contributed by atoms with E-state index < -0.39 is 0 Å². The number of anilines is 1. The van der Waals surface area contributed by atoms with Crippen LogP contribution in [0.1, 0.15) is 63.0 Å². The van der Waals surface area contributed by atoms with Gasteiger partial charge in [0, 0.05) is 30.6 Å². The molecule has 6 heteroatoms. The second-order valence-corrected chi connectivity index (χ2v) is 6.36. The normalized spacial score (nSPS) is 20.2. The molecule has 0 aromatic carbocycles. The van der Waals surface area contributed by atoms with Crippen LogP contribution in [0.4, 0.5) is 5.82 Å². The molecule has 0 radical (unpaired) electrons. The van der Waals surface area contributed by atoms with Gasteiger partial charge in [0.1, 0.15) is 0 Å². The van der Waals surface area contributed by atoms with Crippen molar-refractivity contribution in [1.29, 1.82) is 0 Å². The summed E-state index contributed by atoms with van der Waals surface area (Å²) in [7, 11) is 0. The zero-order chi connectivity index (χ0) is 15.4. The Hall–Kier alpha value is -1.85. The van der Waals surface area contributed by atoms with Gasteiger partial charge in [0.15, 0.2) is 5.82 Å². The molecule has 2 amide bonds. The Labute approximate surface area is 130 Å². The molecular formula is C16H24N4O2. The first kappa shape index (κ1) is 15.1. The first-order valence-corrected chi connectivity index (χ1v) is 8.35. The van der Waals surface area contributed by atoms with E-state index in [1.54, 1.807) is 4.90 Å². The second kappa shape index (κ2) is 6.94. The molecule has 6 nitrogen and oxygen atoms in total. The van der Waals surface area contributed by atoms with Gasteiger partial charge < -0.3 is 10.2 Å². The molecule has 2 heterocycles. The van der Waals surface area contributed by atoms with Crippen molar-refractivity contribution < 1.29 is 9.59 Å². The van der Waals surface area contributed by atoms with E-state index in [9.17, 15) is 9.59 Å². The number of carbonyl (C=O) groups excluding carboxylic acids is 2. The summed E-state index contributed by atoms with van der Waals surface area (Å²) >= 11 is 0. The molecule has 0 atom stereocenters. The van der Waals surface area contributed by atoms with Gasteiger partial charge in [-0.25, -0.2) is 0 Å². The maximum absolute atomic E-state index is 12.0. The highest BCUT2D eigenvalue weighted by atomic mass is 16.2. The summed E-state index contributed by atoms with van der Waals surface area (Å²) in [5.74, 6) is 0.988. The van der Waals surface area contributed by atoms with Crippen LogP contribution in [0.5, 0.6) is 0 Å². The molecule has 2 aliphatic rings. The number of aromatic amines is 1. The average molecular weight is 304 g/mol. The summed E-state index contributed by atoms with van der Waals surface area (Å²) in [5.41, 5.74) is 1.12. The van der Waals surface area contributed by atoms with Crippen LogP contribution in [-0.4, -0.2) is 40.0 Å². The quantitative estimate of drug-likeness (QED) is 0.838. The van der Waals surface area contributed by atoms with Crippen molar-refractivity contribution in [2.45, 2.75) is 57.3 Å². The monoisotopic (exact) mass is 304 g/mol. The van der Waals surface area contributed by atoms with Crippen LogP contribution in [0.2, 0.25) is 0 Å². The maximum atomic E-state index is 12.0. The average Bonchev–Trinajstić information content (AvgIpc) is 3.01. The van der Waals surface area contributed by atoms with Crippen LogP contribution >= 0.6 is 0 Å². The molecule has 0 unspecified atom stereocenters. The lowest BCUT2D eigenvalue weighted by molar-refractivity contribution is -0.131. The molecule has 0 spiro atoms. The Balaban J connectivity index is 1.54. The predicted octanol–water partition coefficient (Wildman–Crippen LogP) is 2.41. The smallest absolute Gasteiger partial charge is 0.245 e. The van der Waals surface area contributed by atoms with E-state index in [4.69, 9.17) is 0 Å². The van der Waals surface area contributed by atoms with Crippen molar-refractivity contribution in [2.24, 2.45) is 0 Å². The van der Waals surface area contributed by atoms with Crippen molar-refractivity contribution in [3.05, 3.63) is 11.8 Å². The number of rotatable bonds is 4. The lowest BCUT2D eigenvalue weighted by atomic mass is 9.97. The van der Waals surface area contributed by atoms with E-state index in [1.807, 2.05) is 6.07 Å². The molecule has 3 rings (SSSR count). The summed E-state index contributed by atoms with van der Waals surface area (Å²) in [6.07, 6.45) is 8.96. The minimum absolute atomic E-state index is 0.0660. The minimum Gasteiger partial charge on any atom is -0.333 e. The fourth-order valence-electron chi connectivity index (χ4n) is 3.43. The lowest BCUT2D eigenvalue weighted by Crippen LogP contribution is -2.34. The SMILES string of the molecule is O=C(CN1CCCC1=O)Nc1cc(C2CCCCCC2)[nH]n1. The van der Waals surface area contributed by atoms with E-state index in [0.29, 0.717) is 24.7 Å². The molecule has 1 aromatic heterocycles. The second-order valence-electron chi connectivity index (χ2n) is 6.36. The van der Waals surface area contributed by atoms with E-state index >= 15 is 0 Å². The fourth-order valence-corrected chi connectivity index (χ4v) is 3.43. The standard InChI is InChI=1S/C16H24N4O2/c21-15(11-20-9-5-8-16(20)22)17-14-10-13(18-19-14)12-6-3-1-2-4-7-12/h10,12H,1-9,11H2,(H2,17,18,19,21). The number of aromatic nitrogens is 2. The zero-order valence-electron chi connectivity index (χ0n) is 12.9. The summed E-state index contributed by atoms with van der Waals surface area (Å²) < 4.78 is 0. The fraction of sp³-hybridized carbons (Fsp3) is 0.688. The summed E-state index contributed by atoms with van der Waals surface area (Å²) in [5, 5.41) is 10.1. The highest BCUT2D eigenvalue weighted by molar-refractivity contribution is 5.94. The van der Waals surface area contributed by atoms with Gasteiger partial charge in [0.2, 0.25) is 11.8 Å². The molecule has 120 valence electrons. The van der Waals surface area contributed by atoms with Crippen molar-refractivity contribution in [3.63, 3.8) is 0 Å². The molecule has 1 aromatic rings. The van der Waals surface area contributed by atoms with Gasteiger partial charge in [-0.3, -0.25) is 14.7 Å².